The van der Waals surface area contributed by atoms with Gasteiger partial charge in [0.1, 0.15) is 5.82 Å². The van der Waals surface area contributed by atoms with Gasteiger partial charge < -0.3 is 15.1 Å². The molecule has 2 amide bonds. The number of carbonyl (C=O) groups excluding carboxylic acids is 1. The van der Waals surface area contributed by atoms with Gasteiger partial charge in [-0.05, 0) is 32.0 Å². The Hall–Kier alpha value is -2.63. The van der Waals surface area contributed by atoms with Crippen LogP contribution < -0.4 is 10.2 Å². The average molecular weight is 342 g/mol. The molecule has 25 heavy (non-hydrogen) atoms. The zero-order chi connectivity index (χ0) is 17.8. The van der Waals surface area contributed by atoms with Crippen LogP contribution in [-0.2, 0) is 6.54 Å². The summed E-state index contributed by atoms with van der Waals surface area (Å²) >= 11 is 0. The van der Waals surface area contributed by atoms with Crippen molar-refractivity contribution >= 4 is 11.7 Å². The van der Waals surface area contributed by atoms with E-state index in [1.807, 2.05) is 13.8 Å². The maximum absolute atomic E-state index is 13.6. The van der Waals surface area contributed by atoms with Crippen molar-refractivity contribution in [2.24, 2.45) is 0 Å². The Morgan fingerprint density at radius 1 is 1.12 bits per heavy atom. The van der Waals surface area contributed by atoms with Gasteiger partial charge in [-0.2, -0.15) is 0 Å². The predicted molar refractivity (Wildman–Crippen MR) is 96.1 cm³/mol. The van der Waals surface area contributed by atoms with Gasteiger partial charge in [-0.15, -0.1) is 0 Å². The maximum Gasteiger partial charge on any atom is 0.317 e. The van der Waals surface area contributed by atoms with E-state index in [0.29, 0.717) is 18.7 Å². The molecular weight excluding hydrogens is 319 g/mol. The normalized spacial score (nSPS) is 14.5. The smallest absolute Gasteiger partial charge is 0.317 e. The van der Waals surface area contributed by atoms with Gasteiger partial charge in [0.2, 0.25) is 0 Å². The van der Waals surface area contributed by atoms with Gasteiger partial charge in [-0.3, -0.25) is 4.98 Å². The number of piperazine rings is 1. The van der Waals surface area contributed by atoms with Crippen LogP contribution in [0.1, 0.15) is 17.0 Å². The number of urea groups is 1. The number of anilines is 1. The summed E-state index contributed by atoms with van der Waals surface area (Å²) in [5.74, 6) is -0.295. The molecule has 2 heterocycles. The minimum atomic E-state index is -0.295. The van der Waals surface area contributed by atoms with E-state index in [9.17, 15) is 9.18 Å². The quantitative estimate of drug-likeness (QED) is 0.933. The van der Waals surface area contributed by atoms with Gasteiger partial charge >= 0.3 is 6.03 Å². The Morgan fingerprint density at radius 3 is 2.40 bits per heavy atom. The number of hydrogen-bond acceptors (Lipinski definition) is 3. The fraction of sp³-hybridized carbons (Fsp3) is 0.368. The highest BCUT2D eigenvalue weighted by molar-refractivity contribution is 5.74. The lowest BCUT2D eigenvalue weighted by atomic mass is 10.2. The fourth-order valence-corrected chi connectivity index (χ4v) is 3.09. The Morgan fingerprint density at radius 2 is 1.76 bits per heavy atom. The second kappa shape index (κ2) is 7.51. The van der Waals surface area contributed by atoms with Crippen molar-refractivity contribution in [1.82, 2.24) is 15.2 Å². The second-order valence-corrected chi connectivity index (χ2v) is 6.33. The Bertz CT molecular complexity index is 737. The molecular formula is C19H23FN4O. The molecule has 0 atom stereocenters. The minimum Gasteiger partial charge on any atom is -0.368 e. The van der Waals surface area contributed by atoms with Gasteiger partial charge in [0, 0.05) is 55.4 Å². The third-order valence-corrected chi connectivity index (χ3v) is 4.39. The molecule has 3 rings (SSSR count). The number of rotatable bonds is 3. The first-order valence-corrected chi connectivity index (χ1v) is 8.49. The lowest BCUT2D eigenvalue weighted by Gasteiger charge is -2.36. The van der Waals surface area contributed by atoms with Gasteiger partial charge in [0.15, 0.2) is 0 Å². The van der Waals surface area contributed by atoms with E-state index in [4.69, 9.17) is 0 Å². The number of nitrogens with zero attached hydrogens (tertiary/aromatic N) is 3. The van der Waals surface area contributed by atoms with Crippen molar-refractivity contribution in [3.05, 3.63) is 59.2 Å². The van der Waals surface area contributed by atoms with Gasteiger partial charge in [0.25, 0.3) is 0 Å². The number of amides is 2. The third-order valence-electron chi connectivity index (χ3n) is 4.39. The molecule has 0 aliphatic carbocycles. The molecule has 132 valence electrons. The predicted octanol–water partition coefficient (Wildman–Crippen LogP) is 2.87. The molecule has 1 aromatic heterocycles. The Balaban J connectivity index is 1.53. The number of halogens is 1. The minimum absolute atomic E-state index is 0.148. The number of carbonyl (C=O) groups is 1. The molecule has 0 spiro atoms. The summed E-state index contributed by atoms with van der Waals surface area (Å²) in [5, 5.41) is 2.80. The lowest BCUT2D eigenvalue weighted by Crippen LogP contribution is -2.51. The van der Waals surface area contributed by atoms with Crippen molar-refractivity contribution in [3.8, 4) is 0 Å². The van der Waals surface area contributed by atoms with Crippen LogP contribution in [0.4, 0.5) is 14.9 Å². The van der Waals surface area contributed by atoms with Crippen molar-refractivity contribution < 1.29 is 9.18 Å². The Kier molecular flexibility index (Phi) is 5.16. The number of pyridine rings is 1. The van der Waals surface area contributed by atoms with Crippen molar-refractivity contribution in [2.45, 2.75) is 20.4 Å². The maximum atomic E-state index is 13.6. The highest BCUT2D eigenvalue weighted by Crippen LogP contribution is 2.18. The number of nitrogens with one attached hydrogen (secondary N) is 1. The number of aryl methyl sites for hydroxylation is 2. The van der Waals surface area contributed by atoms with Crippen molar-refractivity contribution in [1.29, 1.82) is 0 Å². The fourth-order valence-electron chi connectivity index (χ4n) is 3.09. The monoisotopic (exact) mass is 342 g/mol. The molecule has 1 aliphatic heterocycles. The molecule has 1 saturated heterocycles. The largest absolute Gasteiger partial charge is 0.368 e. The SMILES string of the molecule is Cc1cc(N2CCN(C(=O)NCc3ccccc3F)CC2)cc(C)n1. The van der Waals surface area contributed by atoms with Gasteiger partial charge in [-0.25, -0.2) is 9.18 Å². The summed E-state index contributed by atoms with van der Waals surface area (Å²) in [6.45, 7) is 7.01. The number of hydrogen-bond donors (Lipinski definition) is 1. The summed E-state index contributed by atoms with van der Waals surface area (Å²) in [5.41, 5.74) is 3.65. The van der Waals surface area contributed by atoms with Gasteiger partial charge in [-0.1, -0.05) is 18.2 Å². The molecule has 6 heteroatoms. The standard InChI is InChI=1S/C19H23FN4O/c1-14-11-17(12-15(2)22-14)23-7-9-24(10-8-23)19(25)21-13-16-5-3-4-6-18(16)20/h3-6,11-12H,7-10,13H2,1-2H3,(H,21,25). The van der Waals surface area contributed by atoms with E-state index in [2.05, 4.69) is 27.3 Å². The van der Waals surface area contributed by atoms with E-state index in [1.165, 1.54) is 6.07 Å². The van der Waals surface area contributed by atoms with Crippen molar-refractivity contribution in [2.75, 3.05) is 31.1 Å². The topological polar surface area (TPSA) is 48.5 Å². The lowest BCUT2D eigenvalue weighted by molar-refractivity contribution is 0.194. The van der Waals surface area contributed by atoms with Crippen LogP contribution in [0.15, 0.2) is 36.4 Å². The van der Waals surface area contributed by atoms with Crippen LogP contribution in [0.25, 0.3) is 0 Å². The van der Waals surface area contributed by atoms with Crippen molar-refractivity contribution in [3.63, 3.8) is 0 Å². The van der Waals surface area contributed by atoms with Gasteiger partial charge in [0.05, 0.1) is 0 Å². The average Bonchev–Trinajstić information content (AvgIpc) is 2.60. The van der Waals surface area contributed by atoms with E-state index in [1.54, 1.807) is 23.1 Å². The molecule has 0 bridgehead atoms. The summed E-state index contributed by atoms with van der Waals surface area (Å²) in [4.78, 5) is 20.7. The molecule has 1 aromatic carbocycles. The molecule has 5 nitrogen and oxygen atoms in total. The molecule has 1 fully saturated rings. The molecule has 1 N–H and O–H groups in total. The van der Waals surface area contributed by atoms with Crippen LogP contribution in [0, 0.1) is 19.7 Å². The molecule has 0 radical (unpaired) electrons. The zero-order valence-corrected chi connectivity index (χ0v) is 14.6. The Labute approximate surface area is 147 Å². The van der Waals surface area contributed by atoms with Crippen LogP contribution in [0.3, 0.4) is 0 Å². The number of benzene rings is 1. The summed E-state index contributed by atoms with van der Waals surface area (Å²) < 4.78 is 13.6. The molecule has 2 aromatic rings. The van der Waals surface area contributed by atoms with E-state index in [0.717, 1.165) is 30.2 Å². The summed E-state index contributed by atoms with van der Waals surface area (Å²) in [6.07, 6.45) is 0. The van der Waals surface area contributed by atoms with E-state index >= 15 is 0 Å². The first kappa shape index (κ1) is 17.2. The van der Waals surface area contributed by atoms with E-state index < -0.39 is 0 Å². The molecule has 0 saturated carbocycles. The van der Waals surface area contributed by atoms with Crippen LogP contribution in [0.2, 0.25) is 0 Å². The van der Waals surface area contributed by atoms with Crippen LogP contribution >= 0.6 is 0 Å². The third kappa shape index (κ3) is 4.26. The van der Waals surface area contributed by atoms with Crippen LogP contribution in [0.5, 0.6) is 0 Å². The first-order valence-electron chi connectivity index (χ1n) is 8.49. The zero-order valence-electron chi connectivity index (χ0n) is 14.6. The first-order chi connectivity index (χ1) is 12.0. The highest BCUT2D eigenvalue weighted by Gasteiger charge is 2.21. The van der Waals surface area contributed by atoms with E-state index in [-0.39, 0.29) is 18.4 Å². The molecule has 0 unspecified atom stereocenters. The summed E-state index contributed by atoms with van der Waals surface area (Å²) in [6, 6.07) is 10.5. The summed E-state index contributed by atoms with van der Waals surface area (Å²) in [7, 11) is 0. The second-order valence-electron chi connectivity index (χ2n) is 6.33. The number of aromatic nitrogens is 1. The highest BCUT2D eigenvalue weighted by atomic mass is 19.1. The van der Waals surface area contributed by atoms with Crippen LogP contribution in [-0.4, -0.2) is 42.1 Å². The molecule has 1 aliphatic rings.